The number of hydrogen-bond acceptors (Lipinski definition) is 8. The molecule has 0 saturated carbocycles. The highest BCUT2D eigenvalue weighted by Crippen LogP contribution is 2.51. The van der Waals surface area contributed by atoms with Gasteiger partial charge < -0.3 is 19.9 Å². The van der Waals surface area contributed by atoms with E-state index in [1.165, 1.54) is 38.5 Å². The number of halogens is 2. The van der Waals surface area contributed by atoms with Crippen molar-refractivity contribution in [2.75, 3.05) is 26.2 Å². The van der Waals surface area contributed by atoms with Crippen molar-refractivity contribution in [2.45, 2.75) is 18.3 Å². The Labute approximate surface area is 247 Å². The van der Waals surface area contributed by atoms with Crippen molar-refractivity contribution in [3.63, 3.8) is 0 Å². The zero-order chi connectivity index (χ0) is 30.1. The van der Waals surface area contributed by atoms with Crippen LogP contribution in [0.1, 0.15) is 29.4 Å². The summed E-state index contributed by atoms with van der Waals surface area (Å²) in [4.78, 5) is 42.8. The third kappa shape index (κ3) is 5.00. The van der Waals surface area contributed by atoms with Gasteiger partial charge in [0.25, 0.3) is 0 Å². The minimum absolute atomic E-state index is 0.00924. The molecule has 0 spiro atoms. The molecule has 0 amide bonds. The van der Waals surface area contributed by atoms with E-state index in [0.717, 1.165) is 0 Å². The summed E-state index contributed by atoms with van der Waals surface area (Å²) in [6.45, 7) is 0. The predicted molar refractivity (Wildman–Crippen MR) is 154 cm³/mol. The molecule has 3 aromatic rings. The second-order valence-corrected chi connectivity index (χ2v) is 10.3. The molecule has 0 fully saturated rings. The van der Waals surface area contributed by atoms with Crippen molar-refractivity contribution in [3.05, 3.63) is 117 Å². The Bertz CT molecular complexity index is 1620. The molecule has 1 aliphatic heterocycles. The minimum atomic E-state index is -1.22. The Balaban J connectivity index is 1.81. The quantitative estimate of drug-likeness (QED) is 0.307. The number of anilines is 1. The largest absolute Gasteiger partial charge is 0.497 e. The first kappa shape index (κ1) is 28.9. The van der Waals surface area contributed by atoms with Gasteiger partial charge in [0.2, 0.25) is 0 Å². The van der Waals surface area contributed by atoms with Gasteiger partial charge in [-0.3, -0.25) is 14.5 Å². The number of allylic oxidation sites excluding steroid dienone is 2. The lowest BCUT2D eigenvalue weighted by Gasteiger charge is -2.44. The fourth-order valence-electron chi connectivity index (χ4n) is 5.80. The molecular formula is C32H28ClFN2O6. The van der Waals surface area contributed by atoms with Crippen LogP contribution in [0.2, 0.25) is 5.02 Å². The lowest BCUT2D eigenvalue weighted by atomic mass is 9.67. The molecule has 10 heteroatoms. The summed E-state index contributed by atoms with van der Waals surface area (Å²) in [5, 5.41) is 0.377. The Morgan fingerprint density at radius 2 is 1.64 bits per heavy atom. The number of ketones is 1. The number of carbonyl (C=O) groups excluding carboxylic acids is 3. The number of ether oxygens (including phenoxy) is 3. The van der Waals surface area contributed by atoms with Crippen LogP contribution in [0.3, 0.4) is 0 Å². The van der Waals surface area contributed by atoms with Crippen LogP contribution in [-0.4, -0.2) is 39.1 Å². The van der Waals surface area contributed by atoms with Crippen LogP contribution in [-0.2, 0) is 23.9 Å². The van der Waals surface area contributed by atoms with Gasteiger partial charge in [0, 0.05) is 27.9 Å². The first-order valence-electron chi connectivity index (χ1n) is 13.1. The van der Waals surface area contributed by atoms with Crippen LogP contribution in [0.5, 0.6) is 5.75 Å². The van der Waals surface area contributed by atoms with E-state index in [0.29, 0.717) is 33.3 Å². The molecule has 3 atom stereocenters. The fourth-order valence-corrected chi connectivity index (χ4v) is 6.00. The van der Waals surface area contributed by atoms with E-state index in [1.54, 1.807) is 60.5 Å². The number of methoxy groups -OCH3 is 3. The van der Waals surface area contributed by atoms with E-state index in [9.17, 15) is 18.8 Å². The van der Waals surface area contributed by atoms with Crippen molar-refractivity contribution < 1.29 is 33.0 Å². The summed E-state index contributed by atoms with van der Waals surface area (Å²) < 4.78 is 29.5. The van der Waals surface area contributed by atoms with Gasteiger partial charge in [0.15, 0.2) is 5.78 Å². The molecule has 1 heterocycles. The molecule has 2 aliphatic rings. The molecule has 8 nitrogen and oxygen atoms in total. The molecule has 0 aromatic heterocycles. The van der Waals surface area contributed by atoms with Crippen LogP contribution in [0, 0.1) is 11.7 Å². The van der Waals surface area contributed by atoms with E-state index in [-0.39, 0.29) is 23.4 Å². The van der Waals surface area contributed by atoms with Crippen molar-refractivity contribution in [3.8, 4) is 5.75 Å². The first-order valence-corrected chi connectivity index (χ1v) is 13.5. The van der Waals surface area contributed by atoms with Crippen LogP contribution in [0.25, 0.3) is 0 Å². The number of hydrogen-bond donors (Lipinski definition) is 1. The van der Waals surface area contributed by atoms with Gasteiger partial charge in [0.1, 0.15) is 23.3 Å². The predicted octanol–water partition coefficient (Wildman–Crippen LogP) is 5.23. The van der Waals surface area contributed by atoms with Crippen LogP contribution in [0.15, 0.2) is 95.5 Å². The zero-order valence-corrected chi connectivity index (χ0v) is 23.9. The summed E-state index contributed by atoms with van der Waals surface area (Å²) in [5.74, 6) is -4.74. The molecule has 2 N–H and O–H groups in total. The van der Waals surface area contributed by atoms with Crippen molar-refractivity contribution in [2.24, 2.45) is 11.7 Å². The Hall–Kier alpha value is -4.63. The first-order chi connectivity index (χ1) is 20.2. The Morgan fingerprint density at radius 3 is 2.24 bits per heavy atom. The lowest BCUT2D eigenvalue weighted by molar-refractivity contribution is -0.150. The molecule has 0 radical (unpaired) electrons. The summed E-state index contributed by atoms with van der Waals surface area (Å²) >= 11 is 6.35. The second-order valence-electron chi connectivity index (χ2n) is 9.90. The van der Waals surface area contributed by atoms with Crippen LogP contribution >= 0.6 is 11.6 Å². The molecular weight excluding hydrogens is 563 g/mol. The summed E-state index contributed by atoms with van der Waals surface area (Å²) in [5.41, 5.74) is 9.01. The molecule has 1 aliphatic carbocycles. The Kier molecular flexibility index (Phi) is 8.04. The molecule has 42 heavy (non-hydrogen) atoms. The van der Waals surface area contributed by atoms with Crippen molar-refractivity contribution in [1.29, 1.82) is 0 Å². The van der Waals surface area contributed by atoms with Gasteiger partial charge in [-0.2, -0.15) is 0 Å². The minimum Gasteiger partial charge on any atom is -0.497 e. The number of nitrogens with zero attached hydrogens (tertiary/aromatic N) is 1. The lowest BCUT2D eigenvalue weighted by Crippen LogP contribution is -2.46. The highest BCUT2D eigenvalue weighted by molar-refractivity contribution is 6.30. The third-order valence-electron chi connectivity index (χ3n) is 7.71. The highest BCUT2D eigenvalue weighted by atomic mass is 35.5. The number of esters is 2. The summed E-state index contributed by atoms with van der Waals surface area (Å²) in [6.07, 6.45) is 0.163. The van der Waals surface area contributed by atoms with Gasteiger partial charge in [-0.05, 0) is 66.1 Å². The van der Waals surface area contributed by atoms with E-state index < -0.39 is 41.3 Å². The maximum absolute atomic E-state index is 14.6. The topological polar surface area (TPSA) is 108 Å². The van der Waals surface area contributed by atoms with Crippen molar-refractivity contribution in [1.82, 2.24) is 0 Å². The average Bonchev–Trinajstić information content (AvgIpc) is 3.00. The van der Waals surface area contributed by atoms with E-state index in [1.807, 2.05) is 0 Å². The zero-order valence-electron chi connectivity index (χ0n) is 23.1. The Morgan fingerprint density at radius 1 is 0.952 bits per heavy atom. The van der Waals surface area contributed by atoms with Gasteiger partial charge in [0.05, 0.1) is 32.8 Å². The smallest absolute Gasteiger partial charge is 0.338 e. The number of Topliss-reactive ketones (excluding diaryl/α,β-unsaturated/α-hetero) is 1. The number of benzene rings is 3. The summed E-state index contributed by atoms with van der Waals surface area (Å²) in [6, 6.07) is 19.3. The summed E-state index contributed by atoms with van der Waals surface area (Å²) in [7, 11) is 3.98. The molecule has 5 rings (SSSR count). The van der Waals surface area contributed by atoms with E-state index >= 15 is 0 Å². The number of rotatable bonds is 6. The SMILES string of the molecule is COC(=O)C1=C(N)N(c2ccc(F)cc2)C2=C(C(=O)[C@H](C(=O)OC)[C@@H](c3ccc(OC)cc3)C2)[C@@H]1c1cccc(Cl)c1. The van der Waals surface area contributed by atoms with E-state index in [4.69, 9.17) is 31.5 Å². The molecule has 0 unspecified atom stereocenters. The molecule has 216 valence electrons. The van der Waals surface area contributed by atoms with E-state index in [2.05, 4.69) is 0 Å². The third-order valence-corrected chi connectivity index (χ3v) is 7.94. The van der Waals surface area contributed by atoms with Crippen LogP contribution in [0.4, 0.5) is 10.1 Å². The number of carbonyl (C=O) groups is 3. The van der Waals surface area contributed by atoms with Gasteiger partial charge in [-0.1, -0.05) is 35.9 Å². The number of nitrogens with two attached hydrogens (primary N) is 1. The normalized spacial score (nSPS) is 20.3. The second kappa shape index (κ2) is 11.7. The van der Waals surface area contributed by atoms with Gasteiger partial charge in [-0.15, -0.1) is 0 Å². The maximum Gasteiger partial charge on any atom is 0.338 e. The van der Waals surface area contributed by atoms with Crippen LogP contribution < -0.4 is 15.4 Å². The van der Waals surface area contributed by atoms with Crippen molar-refractivity contribution >= 4 is 35.0 Å². The maximum atomic E-state index is 14.6. The van der Waals surface area contributed by atoms with Gasteiger partial charge in [-0.25, -0.2) is 9.18 Å². The fraction of sp³-hybridized carbons (Fsp3) is 0.219. The van der Waals surface area contributed by atoms with Gasteiger partial charge >= 0.3 is 11.9 Å². The highest BCUT2D eigenvalue weighted by Gasteiger charge is 2.51. The standard InChI is InChI=1S/C32H28ClFN2O6/c1-40-22-13-7-17(8-14-22)23-16-24-27(29(37)26(23)31(38)41-2)25(18-5-4-6-19(33)15-18)28(32(39)42-3)30(35)36(24)21-11-9-20(34)10-12-21/h4-15,23,25-26H,16,35H2,1-3H3/t23-,25+,26-/m1/s1. The molecule has 0 saturated heterocycles. The molecule has 3 aromatic carbocycles. The monoisotopic (exact) mass is 590 g/mol. The molecule has 0 bridgehead atoms. The average molecular weight is 591 g/mol.